The van der Waals surface area contributed by atoms with Gasteiger partial charge in [0, 0.05) is 5.92 Å². The van der Waals surface area contributed by atoms with Crippen LogP contribution in [0.25, 0.3) is 0 Å². The van der Waals surface area contributed by atoms with E-state index < -0.39 is 0 Å². The van der Waals surface area contributed by atoms with Crippen molar-refractivity contribution >= 4 is 11.8 Å². The van der Waals surface area contributed by atoms with Crippen molar-refractivity contribution in [2.75, 3.05) is 6.61 Å². The van der Waals surface area contributed by atoms with Gasteiger partial charge in [-0.1, -0.05) is 0 Å². The molecule has 0 aromatic heterocycles. The lowest BCUT2D eigenvalue weighted by atomic mass is 9.65. The number of ether oxygens (including phenoxy) is 1. The summed E-state index contributed by atoms with van der Waals surface area (Å²) in [7, 11) is 0. The fourth-order valence-corrected chi connectivity index (χ4v) is 3.95. The van der Waals surface area contributed by atoms with Gasteiger partial charge in [0.15, 0.2) is 0 Å². The van der Waals surface area contributed by atoms with Gasteiger partial charge in [0.05, 0.1) is 11.3 Å². The van der Waals surface area contributed by atoms with Crippen molar-refractivity contribution in [2.24, 2.45) is 29.1 Å². The average molecular weight is 178 g/mol. The Bertz CT molecular complexity index is 348. The zero-order valence-corrected chi connectivity index (χ0v) is 7.16. The Balaban J connectivity index is 1.90. The first-order chi connectivity index (χ1) is 6.24. The van der Waals surface area contributed by atoms with Crippen LogP contribution < -0.4 is 0 Å². The fraction of sp³-hybridized carbons (Fsp3) is 0.800. The fourth-order valence-electron chi connectivity index (χ4n) is 3.95. The highest BCUT2D eigenvalue weighted by atomic mass is 16.5. The Labute approximate surface area is 75.4 Å². The lowest BCUT2D eigenvalue weighted by molar-refractivity contribution is -0.143. The van der Waals surface area contributed by atoms with Gasteiger partial charge in [-0.25, -0.2) is 0 Å². The van der Waals surface area contributed by atoms with Crippen LogP contribution in [0.1, 0.15) is 12.8 Å². The molecular weight excluding hydrogens is 168 g/mol. The first-order valence-corrected chi connectivity index (χ1v) is 4.95. The molecule has 1 aliphatic heterocycles. The van der Waals surface area contributed by atoms with Crippen molar-refractivity contribution in [3.63, 3.8) is 0 Å². The first kappa shape index (κ1) is 6.57. The van der Waals surface area contributed by atoms with Crippen molar-refractivity contribution in [1.29, 1.82) is 0 Å². The van der Waals surface area contributed by atoms with Crippen molar-refractivity contribution in [3.05, 3.63) is 0 Å². The summed E-state index contributed by atoms with van der Waals surface area (Å²) in [6, 6.07) is 0. The Kier molecular flexibility index (Phi) is 0.786. The maximum Gasteiger partial charge on any atom is 0.310 e. The Morgan fingerprint density at radius 1 is 1.31 bits per heavy atom. The van der Waals surface area contributed by atoms with Crippen LogP contribution >= 0.6 is 0 Å². The van der Waals surface area contributed by atoms with E-state index in [4.69, 9.17) is 4.74 Å². The minimum Gasteiger partial charge on any atom is -0.464 e. The zero-order chi connectivity index (χ0) is 8.79. The number of cyclic esters (lactones) is 1. The maximum absolute atomic E-state index is 11.9. The molecule has 1 heterocycles. The summed E-state index contributed by atoms with van der Waals surface area (Å²) in [5.74, 6) is 1.66. The molecule has 4 bridgehead atoms. The van der Waals surface area contributed by atoms with Crippen molar-refractivity contribution in [2.45, 2.75) is 12.8 Å². The van der Waals surface area contributed by atoms with Crippen molar-refractivity contribution in [1.82, 2.24) is 0 Å². The molecule has 13 heavy (non-hydrogen) atoms. The van der Waals surface area contributed by atoms with Gasteiger partial charge in [0.1, 0.15) is 12.4 Å². The molecule has 0 amide bonds. The molecule has 1 saturated heterocycles. The number of ketones is 1. The van der Waals surface area contributed by atoms with Gasteiger partial charge in [-0.2, -0.15) is 0 Å². The first-order valence-electron chi connectivity index (χ1n) is 4.95. The van der Waals surface area contributed by atoms with E-state index in [0.29, 0.717) is 30.1 Å². The summed E-state index contributed by atoms with van der Waals surface area (Å²) in [5.41, 5.74) is -0.346. The molecule has 0 N–H and O–H groups in total. The van der Waals surface area contributed by atoms with Crippen molar-refractivity contribution < 1.29 is 14.3 Å². The summed E-state index contributed by atoms with van der Waals surface area (Å²) in [6.07, 6.45) is 1.87. The number of Topliss-reactive ketones (excluding diaryl/α,β-unsaturated/α-hetero) is 1. The Hall–Kier alpha value is -0.860. The number of esters is 1. The van der Waals surface area contributed by atoms with E-state index in [-0.39, 0.29) is 17.3 Å². The maximum atomic E-state index is 11.9. The van der Waals surface area contributed by atoms with Crippen LogP contribution in [0.2, 0.25) is 0 Å². The van der Waals surface area contributed by atoms with E-state index in [2.05, 4.69) is 0 Å². The second-order valence-electron chi connectivity index (χ2n) is 4.97. The molecule has 1 spiro atoms. The second kappa shape index (κ2) is 1.56. The number of hydrogen-bond acceptors (Lipinski definition) is 3. The molecule has 0 unspecified atom stereocenters. The summed E-state index contributed by atoms with van der Waals surface area (Å²) in [6.45, 7) is 0.384. The number of carbonyl (C=O) groups is 2. The molecule has 68 valence electrons. The lowest BCUT2D eigenvalue weighted by Gasteiger charge is -2.33. The smallest absolute Gasteiger partial charge is 0.310 e. The summed E-state index contributed by atoms with van der Waals surface area (Å²) in [5, 5.41) is 0. The van der Waals surface area contributed by atoms with Gasteiger partial charge in [-0.15, -0.1) is 0 Å². The third-order valence-corrected chi connectivity index (χ3v) is 4.66. The molecule has 5 aliphatic rings. The van der Waals surface area contributed by atoms with Gasteiger partial charge in [0.25, 0.3) is 0 Å². The van der Waals surface area contributed by atoms with Crippen LogP contribution in [0, 0.1) is 29.1 Å². The standard InChI is InChI=1S/C10H10O3/c11-8-7-4-1-6-9(12)13-3-10(6,8)2-5(4)7/h4-7H,1-3H2/t4-,5+,6+,7-,10+/m1/s1. The minimum atomic E-state index is -0.346. The van der Waals surface area contributed by atoms with Gasteiger partial charge >= 0.3 is 5.97 Å². The van der Waals surface area contributed by atoms with Crippen LogP contribution in [-0.4, -0.2) is 18.4 Å². The third kappa shape index (κ3) is 0.478. The summed E-state index contributed by atoms with van der Waals surface area (Å²) < 4.78 is 5.04. The summed E-state index contributed by atoms with van der Waals surface area (Å²) in [4.78, 5) is 23.3. The van der Waals surface area contributed by atoms with Crippen LogP contribution in [-0.2, 0) is 14.3 Å². The molecule has 3 nitrogen and oxygen atoms in total. The zero-order valence-electron chi connectivity index (χ0n) is 7.16. The predicted molar refractivity (Wildman–Crippen MR) is 41.6 cm³/mol. The molecule has 5 fully saturated rings. The van der Waals surface area contributed by atoms with E-state index >= 15 is 0 Å². The van der Waals surface area contributed by atoms with E-state index in [1.807, 2.05) is 0 Å². The topological polar surface area (TPSA) is 43.4 Å². The SMILES string of the molecule is O=C1OC[C@@]23C[C@H]4[C@@H](C[C@@H]12)[C@H]4C3=O. The van der Waals surface area contributed by atoms with Gasteiger partial charge in [0.2, 0.25) is 0 Å². The van der Waals surface area contributed by atoms with Gasteiger partial charge in [-0.05, 0) is 24.7 Å². The van der Waals surface area contributed by atoms with Crippen molar-refractivity contribution in [3.8, 4) is 0 Å². The molecule has 4 aliphatic carbocycles. The normalized spacial score (nSPS) is 60.6. The largest absolute Gasteiger partial charge is 0.464 e. The van der Waals surface area contributed by atoms with E-state index in [0.717, 1.165) is 12.8 Å². The number of hydrogen-bond donors (Lipinski definition) is 0. The van der Waals surface area contributed by atoms with E-state index in [1.54, 1.807) is 0 Å². The highest BCUT2D eigenvalue weighted by Gasteiger charge is 2.77. The third-order valence-electron chi connectivity index (χ3n) is 4.66. The molecule has 0 aromatic rings. The minimum absolute atomic E-state index is 0.0694. The Morgan fingerprint density at radius 2 is 2.15 bits per heavy atom. The number of rotatable bonds is 0. The highest BCUT2D eigenvalue weighted by Crippen LogP contribution is 2.72. The molecule has 5 rings (SSSR count). The Morgan fingerprint density at radius 3 is 2.85 bits per heavy atom. The molecule has 0 aromatic carbocycles. The molecule has 5 atom stereocenters. The molecular formula is C10H10O3. The lowest BCUT2D eigenvalue weighted by Crippen LogP contribution is -2.42. The average Bonchev–Trinajstić information content (AvgIpc) is 2.63. The quantitative estimate of drug-likeness (QED) is 0.504. The highest BCUT2D eigenvalue weighted by molar-refractivity contribution is 6.00. The van der Waals surface area contributed by atoms with Crippen LogP contribution in [0.5, 0.6) is 0 Å². The molecule has 0 radical (unpaired) electrons. The number of carbonyl (C=O) groups excluding carboxylic acids is 2. The van der Waals surface area contributed by atoms with E-state index in [1.165, 1.54) is 0 Å². The van der Waals surface area contributed by atoms with Crippen LogP contribution in [0.3, 0.4) is 0 Å². The van der Waals surface area contributed by atoms with Gasteiger partial charge in [-0.3, -0.25) is 9.59 Å². The summed E-state index contributed by atoms with van der Waals surface area (Å²) >= 11 is 0. The molecule has 4 saturated carbocycles. The van der Waals surface area contributed by atoms with Gasteiger partial charge < -0.3 is 4.74 Å². The van der Waals surface area contributed by atoms with Crippen LogP contribution in [0.15, 0.2) is 0 Å². The van der Waals surface area contributed by atoms with E-state index in [9.17, 15) is 9.59 Å². The molecule has 3 heteroatoms. The predicted octanol–water partition coefficient (Wildman–Crippen LogP) is 0.385. The second-order valence-corrected chi connectivity index (χ2v) is 4.97. The van der Waals surface area contributed by atoms with Crippen LogP contribution in [0.4, 0.5) is 0 Å². The monoisotopic (exact) mass is 178 g/mol.